The molecular weight excluding hydrogens is 218 g/mol. The fourth-order valence-corrected chi connectivity index (χ4v) is 1.93. The Bertz CT molecular complexity index is 382. The molecule has 17 heavy (non-hydrogen) atoms. The Kier molecular flexibility index (Phi) is 4.75. The highest BCUT2D eigenvalue weighted by atomic mass is 16.4. The van der Waals surface area contributed by atoms with E-state index in [4.69, 9.17) is 9.52 Å². The molecule has 1 unspecified atom stereocenters. The van der Waals surface area contributed by atoms with E-state index in [2.05, 4.69) is 26.1 Å². The zero-order valence-electron chi connectivity index (χ0n) is 10.9. The highest BCUT2D eigenvalue weighted by molar-refractivity contribution is 5.86. The average Bonchev–Trinajstić information content (AvgIpc) is 2.60. The van der Waals surface area contributed by atoms with Gasteiger partial charge in [0.05, 0.1) is 6.54 Å². The number of carbonyl (C=O) groups is 1. The molecule has 2 N–H and O–H groups in total. The number of rotatable bonds is 6. The van der Waals surface area contributed by atoms with E-state index in [0.717, 1.165) is 6.42 Å². The van der Waals surface area contributed by atoms with Crippen LogP contribution in [0.1, 0.15) is 49.1 Å². The third-order valence-electron chi connectivity index (χ3n) is 2.95. The Morgan fingerprint density at radius 1 is 1.53 bits per heavy atom. The first-order valence-electron chi connectivity index (χ1n) is 6.01. The Morgan fingerprint density at radius 3 is 2.59 bits per heavy atom. The summed E-state index contributed by atoms with van der Waals surface area (Å²) in [5, 5.41) is 12.3. The molecule has 0 aliphatic carbocycles. The summed E-state index contributed by atoms with van der Waals surface area (Å²) in [5.41, 5.74) is 0.673. The number of carboxylic acid groups (broad SMARTS) is 1. The van der Waals surface area contributed by atoms with E-state index < -0.39 is 5.97 Å². The number of nitrogens with one attached hydrogen (secondary N) is 1. The van der Waals surface area contributed by atoms with Crippen molar-refractivity contribution in [2.75, 3.05) is 0 Å². The van der Waals surface area contributed by atoms with Crippen molar-refractivity contribution in [1.29, 1.82) is 0 Å². The molecule has 0 saturated carbocycles. The van der Waals surface area contributed by atoms with E-state index in [9.17, 15) is 4.79 Å². The fourth-order valence-electron chi connectivity index (χ4n) is 1.93. The largest absolute Gasteiger partial charge is 0.475 e. The van der Waals surface area contributed by atoms with Gasteiger partial charge in [-0.2, -0.15) is 0 Å². The van der Waals surface area contributed by atoms with Crippen molar-refractivity contribution >= 4 is 5.97 Å². The topological polar surface area (TPSA) is 62.5 Å². The Morgan fingerprint density at radius 2 is 2.18 bits per heavy atom. The first-order valence-corrected chi connectivity index (χ1v) is 6.01. The van der Waals surface area contributed by atoms with Crippen LogP contribution in [0.2, 0.25) is 0 Å². The lowest BCUT2D eigenvalue weighted by atomic mass is 10.0. The first-order chi connectivity index (χ1) is 7.95. The molecular formula is C13H21NO3. The molecule has 0 radical (unpaired) electrons. The first kappa shape index (κ1) is 13.8. The summed E-state index contributed by atoms with van der Waals surface area (Å²) in [4.78, 5) is 10.8. The van der Waals surface area contributed by atoms with E-state index in [-0.39, 0.29) is 5.76 Å². The molecule has 0 aliphatic rings. The minimum atomic E-state index is -1.01. The van der Waals surface area contributed by atoms with E-state index in [1.807, 2.05) is 0 Å². The van der Waals surface area contributed by atoms with Gasteiger partial charge in [-0.3, -0.25) is 0 Å². The second-order valence-corrected chi connectivity index (χ2v) is 4.67. The molecule has 4 nitrogen and oxygen atoms in total. The third kappa shape index (κ3) is 3.60. The van der Waals surface area contributed by atoms with Crippen molar-refractivity contribution in [3.63, 3.8) is 0 Å². The van der Waals surface area contributed by atoms with Crippen LogP contribution >= 0.6 is 0 Å². The predicted molar refractivity (Wildman–Crippen MR) is 66.2 cm³/mol. The van der Waals surface area contributed by atoms with Crippen molar-refractivity contribution < 1.29 is 14.3 Å². The molecule has 0 aliphatic heterocycles. The van der Waals surface area contributed by atoms with E-state index in [1.165, 1.54) is 0 Å². The van der Waals surface area contributed by atoms with Crippen LogP contribution in [-0.4, -0.2) is 17.1 Å². The van der Waals surface area contributed by atoms with Crippen molar-refractivity contribution in [2.45, 2.75) is 46.7 Å². The van der Waals surface area contributed by atoms with E-state index in [1.54, 1.807) is 13.0 Å². The van der Waals surface area contributed by atoms with Gasteiger partial charge in [-0.05, 0) is 25.3 Å². The molecule has 1 aromatic heterocycles. The monoisotopic (exact) mass is 239 g/mol. The standard InChI is InChI=1S/C13H21NO3/c1-5-11(8(2)3)14-7-10-6-9(4)12(17-10)13(15)16/h6,8,11,14H,5,7H2,1-4H3,(H,15,16). The van der Waals surface area contributed by atoms with Crippen LogP contribution in [0.3, 0.4) is 0 Å². The molecule has 96 valence electrons. The maximum Gasteiger partial charge on any atom is 0.372 e. The van der Waals surface area contributed by atoms with Crippen molar-refractivity contribution in [2.24, 2.45) is 5.92 Å². The lowest BCUT2D eigenvalue weighted by Gasteiger charge is -2.19. The van der Waals surface area contributed by atoms with Gasteiger partial charge in [-0.25, -0.2) is 4.79 Å². The minimum Gasteiger partial charge on any atom is -0.475 e. The lowest BCUT2D eigenvalue weighted by Crippen LogP contribution is -2.32. The van der Waals surface area contributed by atoms with Crippen LogP contribution in [0.15, 0.2) is 10.5 Å². The molecule has 4 heteroatoms. The summed E-state index contributed by atoms with van der Waals surface area (Å²) in [6.45, 7) is 8.78. The summed E-state index contributed by atoms with van der Waals surface area (Å²) in [5.74, 6) is 0.262. The Hall–Kier alpha value is -1.29. The quantitative estimate of drug-likeness (QED) is 0.801. The number of aryl methyl sites for hydroxylation is 1. The van der Waals surface area contributed by atoms with Gasteiger partial charge in [-0.15, -0.1) is 0 Å². The summed E-state index contributed by atoms with van der Waals surface area (Å²) >= 11 is 0. The average molecular weight is 239 g/mol. The van der Waals surface area contributed by atoms with Gasteiger partial charge in [0.1, 0.15) is 5.76 Å². The smallest absolute Gasteiger partial charge is 0.372 e. The minimum absolute atomic E-state index is 0.0411. The van der Waals surface area contributed by atoms with Crippen LogP contribution in [0.5, 0.6) is 0 Å². The van der Waals surface area contributed by atoms with E-state index >= 15 is 0 Å². The van der Waals surface area contributed by atoms with Crippen molar-refractivity contribution in [3.8, 4) is 0 Å². The van der Waals surface area contributed by atoms with Crippen LogP contribution in [0.4, 0.5) is 0 Å². The van der Waals surface area contributed by atoms with Crippen LogP contribution in [0.25, 0.3) is 0 Å². The van der Waals surface area contributed by atoms with Crippen molar-refractivity contribution in [3.05, 3.63) is 23.2 Å². The zero-order chi connectivity index (χ0) is 13.0. The Labute approximate surface area is 102 Å². The molecule has 0 bridgehead atoms. The van der Waals surface area contributed by atoms with E-state index in [0.29, 0.717) is 29.8 Å². The molecule has 1 heterocycles. The maximum atomic E-state index is 10.8. The number of hydrogen-bond acceptors (Lipinski definition) is 3. The molecule has 1 rings (SSSR count). The van der Waals surface area contributed by atoms with Gasteiger partial charge >= 0.3 is 5.97 Å². The summed E-state index contributed by atoms with van der Waals surface area (Å²) in [6.07, 6.45) is 1.04. The zero-order valence-corrected chi connectivity index (χ0v) is 10.9. The van der Waals surface area contributed by atoms with Gasteiger partial charge in [0.15, 0.2) is 0 Å². The number of furan rings is 1. The third-order valence-corrected chi connectivity index (χ3v) is 2.95. The predicted octanol–water partition coefficient (Wildman–Crippen LogP) is 2.81. The molecule has 0 spiro atoms. The normalized spacial score (nSPS) is 13.0. The van der Waals surface area contributed by atoms with Crippen LogP contribution in [-0.2, 0) is 6.54 Å². The fraction of sp³-hybridized carbons (Fsp3) is 0.615. The van der Waals surface area contributed by atoms with Crippen LogP contribution in [0, 0.1) is 12.8 Å². The Balaban J connectivity index is 2.63. The highest BCUT2D eigenvalue weighted by Gasteiger charge is 2.15. The number of carboxylic acids is 1. The molecule has 0 aromatic carbocycles. The van der Waals surface area contributed by atoms with Gasteiger partial charge < -0.3 is 14.8 Å². The van der Waals surface area contributed by atoms with Gasteiger partial charge in [-0.1, -0.05) is 20.8 Å². The summed E-state index contributed by atoms with van der Waals surface area (Å²) in [6, 6.07) is 2.21. The number of hydrogen-bond donors (Lipinski definition) is 2. The SMILES string of the molecule is CCC(NCc1cc(C)c(C(=O)O)o1)C(C)C. The van der Waals surface area contributed by atoms with Gasteiger partial charge in [0, 0.05) is 11.6 Å². The molecule has 1 aromatic rings. The maximum absolute atomic E-state index is 10.8. The summed E-state index contributed by atoms with van der Waals surface area (Å²) < 4.78 is 5.29. The highest BCUT2D eigenvalue weighted by Crippen LogP contribution is 2.15. The van der Waals surface area contributed by atoms with Crippen molar-refractivity contribution in [1.82, 2.24) is 5.32 Å². The van der Waals surface area contributed by atoms with Gasteiger partial charge in [0.2, 0.25) is 5.76 Å². The lowest BCUT2D eigenvalue weighted by molar-refractivity contribution is 0.0659. The molecule has 0 fully saturated rings. The second-order valence-electron chi connectivity index (χ2n) is 4.67. The number of aromatic carboxylic acids is 1. The molecule has 0 amide bonds. The van der Waals surface area contributed by atoms with Gasteiger partial charge in [0.25, 0.3) is 0 Å². The molecule has 0 saturated heterocycles. The van der Waals surface area contributed by atoms with Crippen LogP contribution < -0.4 is 5.32 Å². The second kappa shape index (κ2) is 5.87. The molecule has 1 atom stereocenters. The summed E-state index contributed by atoms with van der Waals surface area (Å²) in [7, 11) is 0.